The summed E-state index contributed by atoms with van der Waals surface area (Å²) >= 11 is 0. The van der Waals surface area contributed by atoms with Crippen LogP contribution in [0.3, 0.4) is 0 Å². The fourth-order valence-electron chi connectivity index (χ4n) is 2.51. The third-order valence-corrected chi connectivity index (χ3v) is 3.71. The fraction of sp³-hybridized carbons (Fsp3) is 0.500. The van der Waals surface area contributed by atoms with Crippen molar-refractivity contribution in [1.82, 2.24) is 5.32 Å². The molecule has 0 spiro atoms. The summed E-state index contributed by atoms with van der Waals surface area (Å²) in [6, 6.07) is 5.99. The van der Waals surface area contributed by atoms with Gasteiger partial charge in [0.1, 0.15) is 5.75 Å². The first kappa shape index (κ1) is 12.4. The maximum absolute atomic E-state index is 12.1. The van der Waals surface area contributed by atoms with Crippen molar-refractivity contribution in [2.24, 2.45) is 11.7 Å². The second-order valence-corrected chi connectivity index (χ2v) is 5.16. The quantitative estimate of drug-likeness (QED) is 0.808. The highest BCUT2D eigenvalue weighted by Crippen LogP contribution is 2.33. The van der Waals surface area contributed by atoms with Gasteiger partial charge in [-0.15, -0.1) is 0 Å². The molecule has 2 heterocycles. The molecule has 0 unspecified atom stereocenters. The van der Waals surface area contributed by atoms with E-state index in [1.54, 1.807) is 0 Å². The van der Waals surface area contributed by atoms with E-state index in [2.05, 4.69) is 5.32 Å². The molecule has 2 aliphatic heterocycles. The molecule has 0 saturated carbocycles. The zero-order valence-electron chi connectivity index (χ0n) is 10.9. The van der Waals surface area contributed by atoms with Gasteiger partial charge in [0, 0.05) is 25.6 Å². The van der Waals surface area contributed by atoms with E-state index in [0.717, 1.165) is 43.1 Å². The lowest BCUT2D eigenvalue weighted by Crippen LogP contribution is -2.51. The summed E-state index contributed by atoms with van der Waals surface area (Å²) in [7, 11) is 0. The van der Waals surface area contributed by atoms with Crippen molar-refractivity contribution in [1.29, 1.82) is 0 Å². The molecule has 1 aromatic rings. The van der Waals surface area contributed by atoms with Crippen molar-refractivity contribution >= 4 is 11.6 Å². The first-order chi connectivity index (χ1) is 9.28. The molecule has 5 nitrogen and oxygen atoms in total. The maximum atomic E-state index is 12.1. The summed E-state index contributed by atoms with van der Waals surface area (Å²) < 4.78 is 5.49. The molecule has 1 amide bonds. The number of carbonyl (C=O) groups is 1. The molecule has 0 aromatic heterocycles. The third-order valence-electron chi connectivity index (χ3n) is 3.71. The van der Waals surface area contributed by atoms with Crippen LogP contribution >= 0.6 is 0 Å². The summed E-state index contributed by atoms with van der Waals surface area (Å²) in [6.07, 6.45) is 0.820. The molecular weight excluding hydrogens is 242 g/mol. The minimum atomic E-state index is 0.0456. The van der Waals surface area contributed by atoms with Crippen molar-refractivity contribution in [3.05, 3.63) is 23.8 Å². The zero-order chi connectivity index (χ0) is 13.2. The van der Waals surface area contributed by atoms with Gasteiger partial charge in [-0.05, 0) is 30.7 Å². The van der Waals surface area contributed by atoms with Crippen LogP contribution in [0.4, 0.5) is 5.69 Å². The van der Waals surface area contributed by atoms with Gasteiger partial charge >= 0.3 is 0 Å². The molecule has 19 heavy (non-hydrogen) atoms. The Morgan fingerprint density at radius 3 is 2.95 bits per heavy atom. The molecular formula is C14H19N3O2. The van der Waals surface area contributed by atoms with Gasteiger partial charge in [0.25, 0.3) is 5.91 Å². The molecule has 0 atom stereocenters. The number of carbonyl (C=O) groups excluding carboxylic acids is 1. The Kier molecular flexibility index (Phi) is 3.40. The first-order valence-electron chi connectivity index (χ1n) is 6.75. The molecule has 1 saturated heterocycles. The highest BCUT2D eigenvalue weighted by atomic mass is 16.5. The average Bonchev–Trinajstić information content (AvgIpc) is 2.36. The van der Waals surface area contributed by atoms with Gasteiger partial charge in [0.15, 0.2) is 6.61 Å². The van der Waals surface area contributed by atoms with Gasteiger partial charge in [-0.2, -0.15) is 0 Å². The lowest BCUT2D eigenvalue weighted by Gasteiger charge is -2.36. The third kappa shape index (κ3) is 2.43. The predicted molar refractivity (Wildman–Crippen MR) is 73.4 cm³/mol. The Morgan fingerprint density at radius 1 is 1.42 bits per heavy atom. The topological polar surface area (TPSA) is 67.6 Å². The van der Waals surface area contributed by atoms with E-state index in [1.165, 1.54) is 0 Å². The van der Waals surface area contributed by atoms with Crippen LogP contribution in [0.2, 0.25) is 0 Å². The van der Waals surface area contributed by atoms with Crippen molar-refractivity contribution in [2.45, 2.75) is 6.42 Å². The van der Waals surface area contributed by atoms with E-state index in [4.69, 9.17) is 10.5 Å². The molecule has 0 bridgehead atoms. The summed E-state index contributed by atoms with van der Waals surface area (Å²) in [5.74, 6) is 1.39. The van der Waals surface area contributed by atoms with Gasteiger partial charge in [0.05, 0.1) is 5.69 Å². The van der Waals surface area contributed by atoms with Crippen LogP contribution in [-0.4, -0.2) is 38.7 Å². The van der Waals surface area contributed by atoms with Gasteiger partial charge in [-0.25, -0.2) is 0 Å². The van der Waals surface area contributed by atoms with Crippen LogP contribution in [0.5, 0.6) is 5.75 Å². The van der Waals surface area contributed by atoms with E-state index in [9.17, 15) is 4.79 Å². The maximum Gasteiger partial charge on any atom is 0.265 e. The molecule has 3 N–H and O–H groups in total. The van der Waals surface area contributed by atoms with Crippen LogP contribution in [0.25, 0.3) is 0 Å². The minimum absolute atomic E-state index is 0.0456. The number of fused-ring (bicyclic) bond motifs is 1. The number of nitrogens with two attached hydrogens (primary N) is 1. The highest BCUT2D eigenvalue weighted by molar-refractivity contribution is 5.98. The Bertz CT molecular complexity index is 486. The second-order valence-electron chi connectivity index (χ2n) is 5.16. The van der Waals surface area contributed by atoms with Crippen molar-refractivity contribution in [2.75, 3.05) is 37.7 Å². The lowest BCUT2D eigenvalue weighted by molar-refractivity contribution is -0.121. The highest BCUT2D eigenvalue weighted by Gasteiger charge is 2.29. The van der Waals surface area contributed by atoms with E-state index in [-0.39, 0.29) is 12.5 Å². The number of anilines is 1. The number of nitrogens with zero attached hydrogens (tertiary/aromatic N) is 1. The Balaban J connectivity index is 1.87. The number of hydrogen-bond donors (Lipinski definition) is 2. The smallest absolute Gasteiger partial charge is 0.265 e. The molecule has 1 fully saturated rings. The number of amides is 1. The molecule has 3 rings (SSSR count). The van der Waals surface area contributed by atoms with Crippen molar-refractivity contribution in [3.8, 4) is 5.75 Å². The molecule has 0 aliphatic carbocycles. The van der Waals surface area contributed by atoms with Crippen LogP contribution < -0.4 is 20.7 Å². The van der Waals surface area contributed by atoms with Gasteiger partial charge in [-0.1, -0.05) is 6.07 Å². The molecule has 1 aromatic carbocycles. The summed E-state index contributed by atoms with van der Waals surface area (Å²) in [5.41, 5.74) is 7.64. The van der Waals surface area contributed by atoms with Crippen LogP contribution in [0.15, 0.2) is 18.2 Å². The number of rotatable bonds is 4. The minimum Gasteiger partial charge on any atom is -0.482 e. The van der Waals surface area contributed by atoms with Gasteiger partial charge in [-0.3, -0.25) is 4.79 Å². The van der Waals surface area contributed by atoms with Crippen molar-refractivity contribution in [3.63, 3.8) is 0 Å². The van der Waals surface area contributed by atoms with E-state index >= 15 is 0 Å². The van der Waals surface area contributed by atoms with Crippen LogP contribution in [0, 0.1) is 5.92 Å². The van der Waals surface area contributed by atoms with Gasteiger partial charge < -0.3 is 20.7 Å². The van der Waals surface area contributed by atoms with E-state index < -0.39 is 0 Å². The zero-order valence-corrected chi connectivity index (χ0v) is 10.9. The lowest BCUT2D eigenvalue weighted by atomic mass is 10.0. The number of ether oxygens (including phenoxy) is 1. The first-order valence-corrected chi connectivity index (χ1v) is 6.75. The normalized spacial score (nSPS) is 18.8. The Hall–Kier alpha value is -1.59. The predicted octanol–water partition coefficient (Wildman–Crippen LogP) is 0.133. The Morgan fingerprint density at radius 2 is 2.26 bits per heavy atom. The summed E-state index contributed by atoms with van der Waals surface area (Å²) in [4.78, 5) is 13.9. The van der Waals surface area contributed by atoms with E-state index in [1.807, 2.05) is 23.1 Å². The average molecular weight is 261 g/mol. The largest absolute Gasteiger partial charge is 0.482 e. The second kappa shape index (κ2) is 5.19. The van der Waals surface area contributed by atoms with Gasteiger partial charge in [0.2, 0.25) is 0 Å². The van der Waals surface area contributed by atoms with Crippen LogP contribution in [0.1, 0.15) is 5.56 Å². The molecule has 0 radical (unpaired) electrons. The SMILES string of the molecule is NCCc1ccc2c(c1)N(CC1CNC1)C(=O)CO2. The number of hydrogen-bond acceptors (Lipinski definition) is 4. The Labute approximate surface area is 112 Å². The standard InChI is InChI=1S/C14H19N3O2/c15-4-3-10-1-2-13-12(5-10)17(14(18)9-19-13)8-11-6-16-7-11/h1-2,5,11,16H,3-4,6-9,15H2. The molecule has 102 valence electrons. The molecule has 2 aliphatic rings. The summed E-state index contributed by atoms with van der Waals surface area (Å²) in [6.45, 7) is 3.50. The fourth-order valence-corrected chi connectivity index (χ4v) is 2.51. The summed E-state index contributed by atoms with van der Waals surface area (Å²) in [5, 5.41) is 3.24. The van der Waals surface area contributed by atoms with Crippen molar-refractivity contribution < 1.29 is 9.53 Å². The molecule has 5 heteroatoms. The monoisotopic (exact) mass is 261 g/mol. The number of benzene rings is 1. The van der Waals surface area contributed by atoms with Crippen LogP contribution in [-0.2, 0) is 11.2 Å². The number of nitrogens with one attached hydrogen (secondary N) is 1. The van der Waals surface area contributed by atoms with E-state index in [0.29, 0.717) is 12.5 Å².